The Balaban J connectivity index is 0.825. The fourth-order valence-electron chi connectivity index (χ4n) is 8.23. The topological polar surface area (TPSA) is 183 Å². The Bertz CT molecular complexity index is 2340. The van der Waals surface area contributed by atoms with Crippen molar-refractivity contribution < 1.29 is 32.3 Å². The minimum atomic E-state index is -2.87. The molecule has 18 heteroatoms. The third kappa shape index (κ3) is 9.44. The zero-order chi connectivity index (χ0) is 41.6. The number of aromatic nitrogens is 6. The van der Waals surface area contributed by atoms with Gasteiger partial charge < -0.3 is 24.7 Å². The van der Waals surface area contributed by atoms with E-state index in [1.807, 2.05) is 18.2 Å². The summed E-state index contributed by atoms with van der Waals surface area (Å²) in [6, 6.07) is 8.36. The number of hydrogen-bond acceptors (Lipinski definition) is 11. The summed E-state index contributed by atoms with van der Waals surface area (Å²) in [5.74, 6) is -0.178. The number of imidazole rings is 1. The number of ether oxygens (including phenoxy) is 1. The van der Waals surface area contributed by atoms with Gasteiger partial charge in [0.25, 0.3) is 12.3 Å². The number of piperidine rings is 1. The summed E-state index contributed by atoms with van der Waals surface area (Å²) < 4.78 is 44.2. The number of nitrogens with one attached hydrogen (secondary N) is 3. The second-order valence-electron chi connectivity index (χ2n) is 15.4. The summed E-state index contributed by atoms with van der Waals surface area (Å²) in [5, 5.41) is 12.0. The van der Waals surface area contributed by atoms with Crippen molar-refractivity contribution in [1.29, 1.82) is 0 Å². The first-order valence-electron chi connectivity index (χ1n) is 20.1. The Labute approximate surface area is 339 Å². The van der Waals surface area contributed by atoms with E-state index in [1.165, 1.54) is 17.0 Å². The molecule has 7 rings (SSSR count). The molecule has 4 aromatic heterocycles. The zero-order valence-electron chi connectivity index (χ0n) is 33.5. The third-order valence-corrected chi connectivity index (χ3v) is 11.2. The van der Waals surface area contributed by atoms with Crippen LogP contribution in [0.25, 0.3) is 22.5 Å². The van der Waals surface area contributed by atoms with Gasteiger partial charge in [0.15, 0.2) is 11.4 Å². The van der Waals surface area contributed by atoms with Crippen LogP contribution in [-0.4, -0.2) is 91.9 Å². The van der Waals surface area contributed by atoms with E-state index in [0.717, 1.165) is 62.7 Å². The average Bonchev–Trinajstić information content (AvgIpc) is 3.95. The summed E-state index contributed by atoms with van der Waals surface area (Å²) in [4.78, 5) is 61.2. The number of nitrogens with zero attached hydrogens (tertiary/aromatic N) is 7. The summed E-state index contributed by atoms with van der Waals surface area (Å²) in [6.45, 7) is 2.99. The monoisotopic (exact) mass is 816 g/mol. The van der Waals surface area contributed by atoms with Gasteiger partial charge in [0, 0.05) is 64.8 Å². The highest BCUT2D eigenvalue weighted by atomic mass is 19.3. The molecule has 1 aliphatic heterocycles. The largest absolute Gasteiger partial charge is 0.444 e. The first-order chi connectivity index (χ1) is 28.5. The lowest BCUT2D eigenvalue weighted by atomic mass is 9.86. The number of carbonyl (C=O) groups excluding carboxylic acids is 3. The number of halogens is 2. The highest BCUT2D eigenvalue weighted by Crippen LogP contribution is 2.35. The molecule has 1 aliphatic carbocycles. The predicted octanol–water partition coefficient (Wildman–Crippen LogP) is 5.50. The van der Waals surface area contributed by atoms with Crippen molar-refractivity contribution in [3.63, 3.8) is 0 Å². The number of imide groups is 1. The fourth-order valence-corrected chi connectivity index (χ4v) is 8.23. The fraction of sp³-hybridized carbons (Fsp3) is 0.488. The molecule has 2 fully saturated rings. The molecule has 314 valence electrons. The number of fused-ring (bicyclic) bond motifs is 1. The third-order valence-electron chi connectivity index (χ3n) is 11.2. The van der Waals surface area contributed by atoms with Gasteiger partial charge in [-0.2, -0.15) is 5.10 Å². The summed E-state index contributed by atoms with van der Waals surface area (Å²) in [7, 11) is 5.54. The van der Waals surface area contributed by atoms with Crippen LogP contribution in [0, 0.1) is 5.92 Å². The minimum absolute atomic E-state index is 0.0477. The molecule has 1 saturated heterocycles. The van der Waals surface area contributed by atoms with Crippen molar-refractivity contribution in [2.75, 3.05) is 51.0 Å². The number of aryl methyl sites for hydroxylation is 2. The van der Waals surface area contributed by atoms with Crippen LogP contribution in [0.3, 0.4) is 0 Å². The number of oxazole rings is 1. The maximum absolute atomic E-state index is 14.1. The van der Waals surface area contributed by atoms with Crippen LogP contribution in [0.1, 0.15) is 91.6 Å². The molecule has 1 atom stereocenters. The number of amides is 3. The van der Waals surface area contributed by atoms with Crippen molar-refractivity contribution >= 4 is 40.3 Å². The van der Waals surface area contributed by atoms with E-state index in [2.05, 4.69) is 43.0 Å². The Morgan fingerprint density at radius 1 is 1.10 bits per heavy atom. The highest BCUT2D eigenvalue weighted by molar-refractivity contribution is 6.03. The molecule has 0 bridgehead atoms. The van der Waals surface area contributed by atoms with Crippen molar-refractivity contribution in [1.82, 2.24) is 39.1 Å². The number of alkyl halides is 2. The van der Waals surface area contributed by atoms with E-state index in [-0.39, 0.29) is 41.3 Å². The molecule has 59 heavy (non-hydrogen) atoms. The molecule has 16 nitrogen and oxygen atoms in total. The Kier molecular flexibility index (Phi) is 12.9. The van der Waals surface area contributed by atoms with E-state index in [4.69, 9.17) is 9.15 Å². The SMILES string of the molecule is CNc1cc(-c2nc(C(=O)Nc3cn([C@H]4CC[C@H](CN(C)CCCOCCCc5cccc6c5n(C)c(=O)n6C5CCC(=O)NC5=O)CC4)nc3C(F)F)co2)ccn1. The van der Waals surface area contributed by atoms with Gasteiger partial charge in [0.1, 0.15) is 18.1 Å². The van der Waals surface area contributed by atoms with Gasteiger partial charge in [-0.25, -0.2) is 23.5 Å². The molecule has 3 N–H and O–H groups in total. The van der Waals surface area contributed by atoms with Crippen LogP contribution < -0.4 is 21.6 Å². The second-order valence-corrected chi connectivity index (χ2v) is 15.4. The molecule has 5 heterocycles. The van der Waals surface area contributed by atoms with Crippen molar-refractivity contribution in [3.8, 4) is 11.5 Å². The molecule has 0 radical (unpaired) electrons. The van der Waals surface area contributed by atoms with Crippen LogP contribution in [-0.2, 0) is 27.8 Å². The molecular formula is C41H50F2N10O6. The van der Waals surface area contributed by atoms with Crippen LogP contribution in [0.2, 0.25) is 0 Å². The molecule has 5 aromatic rings. The molecule has 1 unspecified atom stereocenters. The number of hydrogen-bond donors (Lipinski definition) is 3. The number of para-hydroxylation sites is 1. The molecular weight excluding hydrogens is 767 g/mol. The van der Waals surface area contributed by atoms with E-state index < -0.39 is 30.0 Å². The molecule has 3 amide bonds. The number of pyridine rings is 1. The summed E-state index contributed by atoms with van der Waals surface area (Å²) in [5.41, 5.74) is 2.23. The number of carbonyl (C=O) groups is 3. The van der Waals surface area contributed by atoms with Crippen LogP contribution in [0.15, 0.2) is 58.2 Å². The second kappa shape index (κ2) is 18.4. The zero-order valence-corrected chi connectivity index (χ0v) is 33.5. The first-order valence-corrected chi connectivity index (χ1v) is 20.1. The van der Waals surface area contributed by atoms with Crippen LogP contribution in [0.5, 0.6) is 0 Å². The lowest BCUT2D eigenvalue weighted by molar-refractivity contribution is -0.135. The van der Waals surface area contributed by atoms with Gasteiger partial charge in [-0.3, -0.25) is 33.5 Å². The van der Waals surface area contributed by atoms with Gasteiger partial charge in [-0.1, -0.05) is 12.1 Å². The van der Waals surface area contributed by atoms with Crippen LogP contribution >= 0.6 is 0 Å². The van der Waals surface area contributed by atoms with E-state index in [1.54, 1.807) is 41.7 Å². The van der Waals surface area contributed by atoms with Gasteiger partial charge in [0.05, 0.1) is 22.8 Å². The number of benzene rings is 1. The Morgan fingerprint density at radius 2 is 1.90 bits per heavy atom. The Hall–Kier alpha value is -5.75. The maximum Gasteiger partial charge on any atom is 0.329 e. The average molecular weight is 817 g/mol. The lowest BCUT2D eigenvalue weighted by Gasteiger charge is -2.31. The van der Waals surface area contributed by atoms with Crippen molar-refractivity contribution in [2.45, 2.75) is 76.3 Å². The smallest absolute Gasteiger partial charge is 0.329 e. The van der Waals surface area contributed by atoms with E-state index in [9.17, 15) is 28.0 Å². The lowest BCUT2D eigenvalue weighted by Crippen LogP contribution is -2.44. The van der Waals surface area contributed by atoms with E-state index >= 15 is 0 Å². The quantitative estimate of drug-likeness (QED) is 0.0796. The van der Waals surface area contributed by atoms with Gasteiger partial charge in [0.2, 0.25) is 17.7 Å². The summed E-state index contributed by atoms with van der Waals surface area (Å²) in [6.07, 6.45) is 7.66. The molecule has 1 aromatic carbocycles. The predicted molar refractivity (Wildman–Crippen MR) is 215 cm³/mol. The van der Waals surface area contributed by atoms with Crippen molar-refractivity contribution in [3.05, 3.63) is 76.4 Å². The maximum atomic E-state index is 14.1. The van der Waals surface area contributed by atoms with Gasteiger partial charge in [-0.05, 0) is 88.1 Å². The van der Waals surface area contributed by atoms with Gasteiger partial charge in [-0.15, -0.1) is 0 Å². The van der Waals surface area contributed by atoms with Crippen molar-refractivity contribution in [2.24, 2.45) is 13.0 Å². The number of anilines is 2. The minimum Gasteiger partial charge on any atom is -0.444 e. The standard InChI is InChI=1S/C41H50F2N10O6/c1-44-33-21-27(16-17-45-33)40-47-30(24-59-40)38(55)46-29-23-52(49-35(29)37(42)43)28-12-10-25(11-13-28)22-50(2)18-6-20-58-19-5-8-26-7-4-9-31-36(26)51(3)41(57)53(31)32-14-15-34(54)48-39(32)56/h4,7,9,16-17,21,23-25,28,32,37H,5-6,8,10-15,18-20,22H2,1-3H3,(H,44,45)(H,46,55)(H,48,54,56)/t25-,28-,32?. The first kappa shape index (κ1) is 41.4. The molecule has 1 saturated carbocycles. The number of rotatable bonds is 17. The summed E-state index contributed by atoms with van der Waals surface area (Å²) >= 11 is 0. The molecule has 0 spiro atoms. The van der Waals surface area contributed by atoms with E-state index in [0.29, 0.717) is 48.9 Å². The Morgan fingerprint density at radius 3 is 2.66 bits per heavy atom. The highest BCUT2D eigenvalue weighted by Gasteiger charge is 2.32. The molecule has 2 aliphatic rings. The normalized spacial score (nSPS) is 18.5. The van der Waals surface area contributed by atoms with Crippen LogP contribution in [0.4, 0.5) is 20.3 Å². The van der Waals surface area contributed by atoms with Gasteiger partial charge >= 0.3 is 5.69 Å².